The van der Waals surface area contributed by atoms with Gasteiger partial charge < -0.3 is 14.9 Å². The third-order valence-corrected chi connectivity index (χ3v) is 17.6. The van der Waals surface area contributed by atoms with Crippen LogP contribution >= 0.6 is 0 Å². The van der Waals surface area contributed by atoms with Gasteiger partial charge in [-0.05, 0) is 94.8 Å². The summed E-state index contributed by atoms with van der Waals surface area (Å²) in [5.74, 6) is 1.75. The molecule has 4 heterocycles. The Balaban J connectivity index is 1.00. The molecule has 0 aromatic rings. The minimum absolute atomic E-state index is 0.0163. The third kappa shape index (κ3) is 7.50. The molecule has 2 N–H and O–H groups in total. The Morgan fingerprint density at radius 3 is 2.10 bits per heavy atom. The Morgan fingerprint density at radius 1 is 0.733 bits per heavy atom. The van der Waals surface area contributed by atoms with E-state index in [9.17, 15) is 19.5 Å². The van der Waals surface area contributed by atoms with E-state index < -0.39 is 5.66 Å². The van der Waals surface area contributed by atoms with Crippen LogP contribution in [0.2, 0.25) is 0 Å². The minimum atomic E-state index is -0.540. The highest BCUT2D eigenvalue weighted by Gasteiger charge is 2.63. The molecule has 0 radical (unpaired) electrons. The van der Waals surface area contributed by atoms with Crippen molar-refractivity contribution in [2.75, 3.05) is 0 Å². The first-order valence-electron chi connectivity index (χ1n) is 25.8. The van der Waals surface area contributed by atoms with E-state index in [-0.39, 0.29) is 52.9 Å². The summed E-state index contributed by atoms with van der Waals surface area (Å²) >= 11 is 0. The van der Waals surface area contributed by atoms with E-state index >= 15 is 0 Å². The van der Waals surface area contributed by atoms with Crippen molar-refractivity contribution in [2.45, 2.75) is 236 Å². The second kappa shape index (κ2) is 18.2. The number of hydrogen-bond donors (Lipinski definition) is 2. The number of aliphatic hydroxyl groups excluding tert-OH is 1. The molecule has 2 amide bonds. The van der Waals surface area contributed by atoms with Gasteiger partial charge in [-0.15, -0.1) is 0 Å². The SMILES string of the molecule is CCCCCCCCCCC12CCC(=O)N1C1CCCC3C=C/C(=C4\C(=O)C(C5CCC6CCCC7NC8(CCCCCCCCCC)CCC(=O)N8C5C67)=C4O)C(=N2)C31. The van der Waals surface area contributed by atoms with Crippen molar-refractivity contribution in [1.82, 2.24) is 15.1 Å². The standard InChI is InChI=1S/C52H78N4O4/c1-3-5-7-9-11-13-15-17-31-51-33-30-42(58)56(51)48-38(28-26-35-21-19-23-39(53-51)43(35)48)46-49(59)45(50(46)60)37-27-25-36-22-20-24-40-44(36)47(37)54-52(34-29-41(57)55(40)52)32-18-16-14-12-10-8-6-4-2/h25,27,35-36,38-40,43-44,48,53,59H,3-24,26,28-34H2,1-2H3/b45-37+. The number of amides is 2. The quantitative estimate of drug-likeness (QED) is 0.0998. The van der Waals surface area contributed by atoms with E-state index in [1.54, 1.807) is 0 Å². The van der Waals surface area contributed by atoms with Gasteiger partial charge in [0.1, 0.15) is 11.4 Å². The van der Waals surface area contributed by atoms with Crippen molar-refractivity contribution in [3.63, 3.8) is 0 Å². The molecule has 8 nitrogen and oxygen atoms in total. The van der Waals surface area contributed by atoms with Crippen molar-refractivity contribution in [3.8, 4) is 0 Å². The molecular weight excluding hydrogens is 745 g/mol. The molecule has 10 atom stereocenters. The van der Waals surface area contributed by atoms with Crippen LogP contribution in [0.3, 0.4) is 0 Å². The molecular formula is C52H78N4O4. The van der Waals surface area contributed by atoms with Gasteiger partial charge in [0, 0.05) is 53.9 Å². The second-order valence-corrected chi connectivity index (χ2v) is 21.1. The number of rotatable bonds is 19. The number of hydrogen-bond acceptors (Lipinski definition) is 6. The zero-order valence-electron chi connectivity index (χ0n) is 37.5. The van der Waals surface area contributed by atoms with Gasteiger partial charge in [-0.25, -0.2) is 0 Å². The largest absolute Gasteiger partial charge is 0.507 e. The number of carbonyl (C=O) groups excluding carboxylic acids is 3. The van der Waals surface area contributed by atoms with Crippen molar-refractivity contribution in [1.29, 1.82) is 0 Å². The maximum Gasteiger partial charge on any atom is 0.224 e. The number of nitrogens with one attached hydrogen (secondary N) is 1. The highest BCUT2D eigenvalue weighted by molar-refractivity contribution is 6.25. The maximum absolute atomic E-state index is 15.0. The molecule has 0 aromatic heterocycles. The van der Waals surface area contributed by atoms with Crippen LogP contribution in [0, 0.1) is 29.6 Å². The van der Waals surface area contributed by atoms with E-state index in [4.69, 9.17) is 4.99 Å². The fraction of sp³-hybridized carbons (Fsp3) is 0.808. The molecule has 0 spiro atoms. The van der Waals surface area contributed by atoms with Crippen molar-refractivity contribution in [2.24, 2.45) is 34.6 Å². The predicted molar refractivity (Wildman–Crippen MR) is 239 cm³/mol. The third-order valence-electron chi connectivity index (χ3n) is 17.6. The summed E-state index contributed by atoms with van der Waals surface area (Å²) in [4.78, 5) is 53.1. The fourth-order valence-corrected chi connectivity index (χ4v) is 14.8. The predicted octanol–water partition coefficient (Wildman–Crippen LogP) is 11.4. The molecule has 6 fully saturated rings. The van der Waals surface area contributed by atoms with Crippen LogP contribution < -0.4 is 5.32 Å². The molecule has 9 aliphatic rings. The monoisotopic (exact) mass is 823 g/mol. The van der Waals surface area contributed by atoms with Gasteiger partial charge in [0.25, 0.3) is 0 Å². The molecule has 9 rings (SSSR count). The highest BCUT2D eigenvalue weighted by atomic mass is 16.3. The van der Waals surface area contributed by atoms with Gasteiger partial charge in [-0.2, -0.15) is 0 Å². The lowest BCUT2D eigenvalue weighted by Crippen LogP contribution is -2.75. The lowest BCUT2D eigenvalue weighted by atomic mass is 9.57. The number of aliphatic hydroxyl groups is 1. The Kier molecular flexibility index (Phi) is 12.9. The number of carbonyl (C=O) groups is 3. The number of Topliss-reactive ketones (excluding diaryl/α,β-unsaturated/α-hetero) is 1. The van der Waals surface area contributed by atoms with E-state index in [1.165, 1.54) is 96.3 Å². The van der Waals surface area contributed by atoms with Crippen molar-refractivity contribution in [3.05, 3.63) is 34.6 Å². The zero-order valence-corrected chi connectivity index (χ0v) is 37.5. The Labute approximate surface area is 361 Å². The van der Waals surface area contributed by atoms with Gasteiger partial charge in [-0.1, -0.05) is 129 Å². The lowest BCUT2D eigenvalue weighted by molar-refractivity contribution is -0.157. The Bertz CT molecular complexity index is 1760. The molecule has 60 heavy (non-hydrogen) atoms. The fourth-order valence-electron chi connectivity index (χ4n) is 14.8. The van der Waals surface area contributed by atoms with Gasteiger partial charge >= 0.3 is 0 Å². The van der Waals surface area contributed by atoms with Crippen LogP contribution in [-0.4, -0.2) is 67.7 Å². The smallest absolute Gasteiger partial charge is 0.224 e. The first-order chi connectivity index (χ1) is 29.3. The summed E-state index contributed by atoms with van der Waals surface area (Å²) in [5, 5.41) is 16.6. The Morgan fingerprint density at radius 2 is 1.38 bits per heavy atom. The normalized spacial score (nSPS) is 37.8. The van der Waals surface area contributed by atoms with Crippen LogP contribution in [0.4, 0.5) is 0 Å². The van der Waals surface area contributed by atoms with E-state index in [2.05, 4.69) is 41.1 Å². The van der Waals surface area contributed by atoms with Crippen molar-refractivity contribution < 1.29 is 19.5 Å². The van der Waals surface area contributed by atoms with Crippen LogP contribution in [0.5, 0.6) is 0 Å². The van der Waals surface area contributed by atoms with Crippen LogP contribution in [0.15, 0.2) is 39.6 Å². The number of ketones is 1. The summed E-state index contributed by atoms with van der Waals surface area (Å²) in [5.41, 5.74) is 1.97. The molecule has 0 aromatic carbocycles. The van der Waals surface area contributed by atoms with Crippen LogP contribution in [-0.2, 0) is 14.4 Å². The first kappa shape index (κ1) is 42.6. The molecule has 10 unspecified atom stereocenters. The van der Waals surface area contributed by atoms with E-state index in [0.717, 1.165) is 94.8 Å². The summed E-state index contributed by atoms with van der Waals surface area (Å²) in [6.45, 7) is 4.54. The highest BCUT2D eigenvalue weighted by Crippen LogP contribution is 2.57. The topological polar surface area (TPSA) is 102 Å². The lowest BCUT2D eigenvalue weighted by Gasteiger charge is -2.62. The molecule has 330 valence electrons. The molecule has 3 saturated carbocycles. The molecule has 4 aliphatic heterocycles. The van der Waals surface area contributed by atoms with Gasteiger partial charge in [0.15, 0.2) is 5.78 Å². The summed E-state index contributed by atoms with van der Waals surface area (Å²) in [6, 6.07) is 0.419. The summed E-state index contributed by atoms with van der Waals surface area (Å²) in [6.07, 6.45) is 37.7. The number of aliphatic imine (C=N–C) groups is 1. The number of unbranched alkanes of at least 4 members (excludes halogenated alkanes) is 14. The number of nitrogens with zero attached hydrogens (tertiary/aromatic N) is 3. The molecule has 5 aliphatic carbocycles. The van der Waals surface area contributed by atoms with Gasteiger partial charge in [-0.3, -0.25) is 24.7 Å². The van der Waals surface area contributed by atoms with E-state index in [1.807, 2.05) is 0 Å². The number of allylic oxidation sites excluding steroid dienone is 4. The summed E-state index contributed by atoms with van der Waals surface area (Å²) < 4.78 is 0. The second-order valence-electron chi connectivity index (χ2n) is 21.1. The van der Waals surface area contributed by atoms with Gasteiger partial charge in [0.2, 0.25) is 11.8 Å². The van der Waals surface area contributed by atoms with Gasteiger partial charge in [0.05, 0.1) is 16.9 Å². The minimum Gasteiger partial charge on any atom is -0.507 e. The first-order valence-corrected chi connectivity index (χ1v) is 25.8. The number of fused-ring (bicyclic) bond motifs is 4. The molecule has 3 saturated heterocycles. The van der Waals surface area contributed by atoms with Crippen molar-refractivity contribution >= 4 is 23.3 Å². The van der Waals surface area contributed by atoms with Crippen LogP contribution in [0.1, 0.15) is 206 Å². The molecule has 0 bridgehead atoms. The Hall–Kier alpha value is -2.74. The maximum atomic E-state index is 15.0. The zero-order chi connectivity index (χ0) is 41.4. The average molecular weight is 823 g/mol. The summed E-state index contributed by atoms with van der Waals surface area (Å²) in [7, 11) is 0. The van der Waals surface area contributed by atoms with Crippen LogP contribution in [0.25, 0.3) is 0 Å². The average Bonchev–Trinajstić information content (AvgIpc) is 3.77. The van der Waals surface area contributed by atoms with E-state index in [0.29, 0.717) is 47.8 Å². The molecule has 8 heteroatoms.